The molecule has 28 heavy (non-hydrogen) atoms. The molecule has 0 amide bonds. The first-order chi connectivity index (χ1) is 13.7. The lowest BCUT2D eigenvalue weighted by Gasteiger charge is -2.38. The zero-order valence-corrected chi connectivity index (χ0v) is 15.2. The second-order valence-corrected chi connectivity index (χ2v) is 6.83. The van der Waals surface area contributed by atoms with Crippen molar-refractivity contribution in [2.75, 3.05) is 18.9 Å². The third-order valence-corrected chi connectivity index (χ3v) is 5.06. The molecule has 2 aromatic heterocycles. The minimum absolute atomic E-state index is 0.0560. The normalized spacial score (nSPS) is 22.1. The molecule has 1 fully saturated rings. The van der Waals surface area contributed by atoms with Gasteiger partial charge in [-0.05, 0) is 11.6 Å². The topological polar surface area (TPSA) is 99.0 Å². The summed E-state index contributed by atoms with van der Waals surface area (Å²) in [7, 11) is 0. The molecule has 0 bridgehead atoms. The van der Waals surface area contributed by atoms with Gasteiger partial charge in [-0.2, -0.15) is 10.4 Å². The predicted molar refractivity (Wildman–Crippen MR) is 101 cm³/mol. The molecule has 0 spiro atoms. The van der Waals surface area contributed by atoms with Gasteiger partial charge in [-0.25, -0.2) is 9.37 Å². The van der Waals surface area contributed by atoms with E-state index in [-0.39, 0.29) is 25.3 Å². The molecule has 0 unspecified atom stereocenters. The highest BCUT2D eigenvalue weighted by Crippen LogP contribution is 2.39. The number of alkyl halides is 1. The summed E-state index contributed by atoms with van der Waals surface area (Å²) in [6.45, 7) is 0.687. The van der Waals surface area contributed by atoms with Gasteiger partial charge >= 0.3 is 0 Å². The predicted octanol–water partition coefficient (Wildman–Crippen LogP) is 2.96. The molecule has 2 N–H and O–H groups in total. The summed E-state index contributed by atoms with van der Waals surface area (Å²) < 4.78 is 27.9. The van der Waals surface area contributed by atoms with Crippen LogP contribution in [0.3, 0.4) is 0 Å². The second-order valence-electron chi connectivity index (χ2n) is 6.83. The Kier molecular flexibility index (Phi) is 4.84. The average Bonchev–Trinajstić information content (AvgIpc) is 3.07. The number of halogens is 1. The largest absolute Gasteiger partial charge is 0.472 e. The lowest BCUT2D eigenvalue weighted by atomic mass is 9.87. The van der Waals surface area contributed by atoms with Crippen molar-refractivity contribution in [3.8, 4) is 11.9 Å². The Morgan fingerprint density at radius 1 is 1.36 bits per heavy atom. The van der Waals surface area contributed by atoms with Gasteiger partial charge in [0.1, 0.15) is 23.7 Å². The number of hydrogen-bond acceptors (Lipinski definition) is 6. The lowest BCUT2D eigenvalue weighted by Crippen LogP contribution is -2.50. The highest BCUT2D eigenvalue weighted by atomic mass is 19.1. The number of ether oxygens (including phenoxy) is 2. The van der Waals surface area contributed by atoms with Gasteiger partial charge < -0.3 is 15.2 Å². The third kappa shape index (κ3) is 3.04. The van der Waals surface area contributed by atoms with E-state index in [1.807, 2.05) is 30.3 Å². The molecule has 2 atom stereocenters. The second kappa shape index (κ2) is 7.44. The van der Waals surface area contributed by atoms with Gasteiger partial charge in [0.25, 0.3) is 0 Å². The van der Waals surface area contributed by atoms with Crippen molar-refractivity contribution in [1.29, 1.82) is 5.26 Å². The smallest absolute Gasteiger partial charge is 0.227 e. The summed E-state index contributed by atoms with van der Waals surface area (Å²) in [5.41, 5.74) is 6.49. The Labute approximate surface area is 161 Å². The van der Waals surface area contributed by atoms with Crippen molar-refractivity contribution in [2.24, 2.45) is 0 Å². The monoisotopic (exact) mass is 381 g/mol. The van der Waals surface area contributed by atoms with Gasteiger partial charge in [-0.1, -0.05) is 30.3 Å². The summed E-state index contributed by atoms with van der Waals surface area (Å²) in [4.78, 5) is 4.28. The van der Waals surface area contributed by atoms with E-state index in [9.17, 15) is 5.26 Å². The molecule has 0 radical (unpaired) electrons. The van der Waals surface area contributed by atoms with Crippen LogP contribution in [0.4, 0.5) is 10.2 Å². The van der Waals surface area contributed by atoms with Gasteiger partial charge in [0.15, 0.2) is 5.82 Å². The minimum Gasteiger partial charge on any atom is -0.472 e. The van der Waals surface area contributed by atoms with Gasteiger partial charge in [0.2, 0.25) is 5.88 Å². The van der Waals surface area contributed by atoms with E-state index in [1.165, 1.54) is 4.68 Å². The van der Waals surface area contributed by atoms with Crippen LogP contribution in [0.1, 0.15) is 18.4 Å². The molecule has 4 rings (SSSR count). The zero-order valence-electron chi connectivity index (χ0n) is 15.2. The Balaban J connectivity index is 1.76. The summed E-state index contributed by atoms with van der Waals surface area (Å²) >= 11 is 0. The number of aromatic nitrogens is 3. The van der Waals surface area contributed by atoms with Crippen molar-refractivity contribution in [3.63, 3.8) is 0 Å². The van der Waals surface area contributed by atoms with E-state index in [0.29, 0.717) is 30.0 Å². The Hall–Kier alpha value is -3.18. The van der Waals surface area contributed by atoms with Crippen LogP contribution < -0.4 is 10.5 Å². The summed E-state index contributed by atoms with van der Waals surface area (Å²) in [6.07, 6.45) is 0.417. The maximum absolute atomic E-state index is 15.0. The first-order valence-electron chi connectivity index (χ1n) is 9.05. The van der Waals surface area contributed by atoms with E-state index in [0.717, 1.165) is 5.56 Å². The van der Waals surface area contributed by atoms with E-state index in [1.54, 1.807) is 12.3 Å². The number of fused-ring (bicyclic) bond motifs is 1. The van der Waals surface area contributed by atoms with E-state index in [4.69, 9.17) is 15.2 Å². The number of anilines is 1. The number of nitriles is 1. The van der Waals surface area contributed by atoms with Crippen LogP contribution in [-0.4, -0.2) is 34.1 Å². The highest BCUT2D eigenvalue weighted by molar-refractivity contribution is 5.93. The van der Waals surface area contributed by atoms with Crippen molar-refractivity contribution in [3.05, 3.63) is 48.2 Å². The SMILES string of the molecule is N#CC[C@]1(n2nc(N)c3c(OCc4ccccc4)nccc32)COCC[C@H]1F. The van der Waals surface area contributed by atoms with Gasteiger partial charge in [0.05, 0.1) is 24.6 Å². The quantitative estimate of drug-likeness (QED) is 0.729. The fraction of sp³-hybridized carbons (Fsp3) is 0.350. The van der Waals surface area contributed by atoms with E-state index >= 15 is 4.39 Å². The van der Waals surface area contributed by atoms with Crippen LogP contribution in [0.15, 0.2) is 42.6 Å². The molecule has 8 heteroatoms. The Morgan fingerprint density at radius 2 is 2.18 bits per heavy atom. The fourth-order valence-electron chi connectivity index (χ4n) is 3.60. The molecule has 0 aliphatic carbocycles. The molecule has 1 aliphatic rings. The number of nitrogen functional groups attached to an aromatic ring is 1. The fourth-order valence-corrected chi connectivity index (χ4v) is 3.60. The average molecular weight is 381 g/mol. The van der Waals surface area contributed by atoms with Gasteiger partial charge in [0, 0.05) is 19.2 Å². The number of nitrogens with zero attached hydrogens (tertiary/aromatic N) is 4. The van der Waals surface area contributed by atoms with Gasteiger partial charge in [-0.15, -0.1) is 0 Å². The maximum Gasteiger partial charge on any atom is 0.227 e. The number of nitrogens with two attached hydrogens (primary N) is 1. The highest BCUT2D eigenvalue weighted by Gasteiger charge is 2.46. The van der Waals surface area contributed by atoms with E-state index in [2.05, 4.69) is 16.2 Å². The van der Waals surface area contributed by atoms with Crippen LogP contribution in [0.5, 0.6) is 5.88 Å². The van der Waals surface area contributed by atoms with Gasteiger partial charge in [-0.3, -0.25) is 4.68 Å². The number of hydrogen-bond donors (Lipinski definition) is 1. The molecule has 3 heterocycles. The Morgan fingerprint density at radius 3 is 2.93 bits per heavy atom. The lowest BCUT2D eigenvalue weighted by molar-refractivity contribution is -0.0572. The number of benzene rings is 1. The molecule has 3 aromatic rings. The standard InChI is InChI=1S/C20H20FN5O2/c21-16-7-11-27-13-20(16,8-9-22)26-15-6-10-24-19(17(15)18(23)25-26)28-12-14-4-2-1-3-5-14/h1-6,10,16H,7-8,11-13H2,(H2,23,25)/t16-,20+/m1/s1. The maximum atomic E-state index is 15.0. The molecular formula is C20H20FN5O2. The molecule has 1 aliphatic heterocycles. The van der Waals surface area contributed by atoms with Crippen LogP contribution in [-0.2, 0) is 16.9 Å². The van der Waals surface area contributed by atoms with Crippen LogP contribution in [0, 0.1) is 11.3 Å². The molecule has 1 saturated heterocycles. The first-order valence-corrected chi connectivity index (χ1v) is 9.05. The van der Waals surface area contributed by atoms with Crippen molar-refractivity contribution >= 4 is 16.7 Å². The Bertz CT molecular complexity index is 1020. The molecule has 7 nitrogen and oxygen atoms in total. The third-order valence-electron chi connectivity index (χ3n) is 5.06. The summed E-state index contributed by atoms with van der Waals surface area (Å²) in [5.74, 6) is 0.505. The number of pyridine rings is 1. The minimum atomic E-state index is -1.27. The summed E-state index contributed by atoms with van der Waals surface area (Å²) in [5, 5.41) is 14.2. The zero-order chi connectivity index (χ0) is 19.6. The van der Waals surface area contributed by atoms with E-state index < -0.39 is 11.7 Å². The van der Waals surface area contributed by atoms with Crippen LogP contribution in [0.2, 0.25) is 0 Å². The van der Waals surface area contributed by atoms with Crippen LogP contribution in [0.25, 0.3) is 10.9 Å². The number of rotatable bonds is 5. The molecule has 1 aromatic carbocycles. The molecular weight excluding hydrogens is 361 g/mol. The van der Waals surface area contributed by atoms with Crippen molar-refractivity contribution < 1.29 is 13.9 Å². The summed E-state index contributed by atoms with van der Waals surface area (Å²) in [6, 6.07) is 13.5. The molecule has 144 valence electrons. The van der Waals surface area contributed by atoms with Crippen molar-refractivity contribution in [1.82, 2.24) is 14.8 Å². The van der Waals surface area contributed by atoms with Crippen molar-refractivity contribution in [2.45, 2.75) is 31.2 Å². The first kappa shape index (κ1) is 18.2. The van der Waals surface area contributed by atoms with Crippen LogP contribution >= 0.6 is 0 Å². The molecule has 0 saturated carbocycles.